The van der Waals surface area contributed by atoms with Crippen molar-refractivity contribution >= 4 is 55.2 Å². The minimum atomic E-state index is -0.104. The molecule has 3 aromatic rings. The standard InChI is InChI=1S/C17H14Br2N4OS/c1-23-16(11-5-3-2-4-6-11)21-22-17(23)25-10-15(24)20-14-9-12(18)7-8-13(14)19/h2-9H,10H2,1H3,(H,20,24). The molecule has 128 valence electrons. The highest BCUT2D eigenvalue weighted by Crippen LogP contribution is 2.27. The number of hydrogen-bond donors (Lipinski definition) is 1. The van der Waals surface area contributed by atoms with E-state index in [1.165, 1.54) is 11.8 Å². The van der Waals surface area contributed by atoms with Crippen LogP contribution < -0.4 is 5.32 Å². The van der Waals surface area contributed by atoms with Crippen molar-refractivity contribution in [3.63, 3.8) is 0 Å². The Morgan fingerprint density at radius 1 is 1.16 bits per heavy atom. The molecule has 0 aliphatic rings. The van der Waals surface area contributed by atoms with E-state index in [9.17, 15) is 4.79 Å². The lowest BCUT2D eigenvalue weighted by atomic mass is 10.2. The number of nitrogens with zero attached hydrogens (tertiary/aromatic N) is 3. The molecule has 1 N–H and O–H groups in total. The minimum Gasteiger partial charge on any atom is -0.324 e. The van der Waals surface area contributed by atoms with Crippen LogP contribution in [-0.4, -0.2) is 26.4 Å². The number of hydrogen-bond acceptors (Lipinski definition) is 4. The van der Waals surface area contributed by atoms with Crippen LogP contribution in [0.25, 0.3) is 11.4 Å². The van der Waals surface area contributed by atoms with Crippen molar-refractivity contribution in [3.8, 4) is 11.4 Å². The van der Waals surface area contributed by atoms with Crippen molar-refractivity contribution in [2.24, 2.45) is 7.05 Å². The van der Waals surface area contributed by atoms with Crippen molar-refractivity contribution in [1.29, 1.82) is 0 Å². The van der Waals surface area contributed by atoms with Gasteiger partial charge in [-0.1, -0.05) is 58.0 Å². The molecule has 0 radical (unpaired) electrons. The molecule has 0 saturated heterocycles. The van der Waals surface area contributed by atoms with Gasteiger partial charge in [0.1, 0.15) is 0 Å². The van der Waals surface area contributed by atoms with E-state index in [-0.39, 0.29) is 11.7 Å². The number of thioether (sulfide) groups is 1. The number of carbonyl (C=O) groups is 1. The largest absolute Gasteiger partial charge is 0.324 e. The first-order valence-electron chi connectivity index (χ1n) is 7.37. The molecule has 5 nitrogen and oxygen atoms in total. The molecule has 25 heavy (non-hydrogen) atoms. The first kappa shape index (κ1) is 18.2. The summed E-state index contributed by atoms with van der Waals surface area (Å²) in [6, 6.07) is 15.5. The molecule has 1 aromatic heterocycles. The van der Waals surface area contributed by atoms with Gasteiger partial charge in [0.25, 0.3) is 0 Å². The molecule has 0 aliphatic heterocycles. The average molecular weight is 482 g/mol. The Bertz CT molecular complexity index is 899. The molecule has 8 heteroatoms. The van der Waals surface area contributed by atoms with Crippen LogP contribution in [0.15, 0.2) is 62.6 Å². The first-order valence-corrected chi connectivity index (χ1v) is 9.94. The SMILES string of the molecule is Cn1c(SCC(=O)Nc2cc(Br)ccc2Br)nnc1-c1ccccc1. The summed E-state index contributed by atoms with van der Waals surface area (Å²) in [5.41, 5.74) is 1.72. The first-order chi connectivity index (χ1) is 12.0. The van der Waals surface area contributed by atoms with Gasteiger partial charge in [0.15, 0.2) is 11.0 Å². The predicted molar refractivity (Wildman–Crippen MR) is 108 cm³/mol. The Kier molecular flexibility index (Phi) is 5.93. The van der Waals surface area contributed by atoms with Crippen LogP contribution >= 0.6 is 43.6 Å². The van der Waals surface area contributed by atoms with Gasteiger partial charge in [-0.2, -0.15) is 0 Å². The Balaban J connectivity index is 1.65. The summed E-state index contributed by atoms with van der Waals surface area (Å²) in [6.45, 7) is 0. The maximum absolute atomic E-state index is 12.2. The molecule has 0 atom stereocenters. The van der Waals surface area contributed by atoms with Crippen LogP contribution in [0, 0.1) is 0 Å². The second-order valence-corrected chi connectivity index (χ2v) is 7.90. The fourth-order valence-electron chi connectivity index (χ4n) is 2.19. The molecular formula is C17H14Br2N4OS. The van der Waals surface area contributed by atoms with E-state index in [0.29, 0.717) is 5.16 Å². The number of carbonyl (C=O) groups excluding carboxylic acids is 1. The van der Waals surface area contributed by atoms with Gasteiger partial charge in [0, 0.05) is 21.6 Å². The maximum Gasteiger partial charge on any atom is 0.234 e. The van der Waals surface area contributed by atoms with Crippen LogP contribution in [0.1, 0.15) is 0 Å². The number of amides is 1. The second-order valence-electron chi connectivity index (χ2n) is 5.19. The van der Waals surface area contributed by atoms with Crippen molar-refractivity contribution in [3.05, 3.63) is 57.5 Å². The number of nitrogens with one attached hydrogen (secondary N) is 1. The predicted octanol–water partition coefficient (Wildman–Crippen LogP) is 4.74. The van der Waals surface area contributed by atoms with E-state index in [1.54, 1.807) is 0 Å². The topological polar surface area (TPSA) is 59.8 Å². The van der Waals surface area contributed by atoms with E-state index < -0.39 is 0 Å². The summed E-state index contributed by atoms with van der Waals surface area (Å²) in [7, 11) is 1.90. The Morgan fingerprint density at radius 2 is 1.92 bits per heavy atom. The highest BCUT2D eigenvalue weighted by Gasteiger charge is 2.13. The van der Waals surface area contributed by atoms with Gasteiger partial charge in [-0.15, -0.1) is 10.2 Å². The van der Waals surface area contributed by atoms with Gasteiger partial charge in [-0.05, 0) is 34.1 Å². The van der Waals surface area contributed by atoms with Gasteiger partial charge < -0.3 is 9.88 Å². The smallest absolute Gasteiger partial charge is 0.234 e. The summed E-state index contributed by atoms with van der Waals surface area (Å²) in [5.74, 6) is 0.922. The number of benzene rings is 2. The van der Waals surface area contributed by atoms with E-state index in [4.69, 9.17) is 0 Å². The van der Waals surface area contributed by atoms with Crippen molar-refractivity contribution in [1.82, 2.24) is 14.8 Å². The normalized spacial score (nSPS) is 10.7. The number of rotatable bonds is 5. The Labute approximate surface area is 166 Å². The van der Waals surface area contributed by atoms with Gasteiger partial charge in [-0.3, -0.25) is 4.79 Å². The molecule has 0 fully saturated rings. The van der Waals surface area contributed by atoms with Gasteiger partial charge in [0.2, 0.25) is 5.91 Å². The molecule has 0 aliphatic carbocycles. The van der Waals surface area contributed by atoms with E-state index in [2.05, 4.69) is 47.4 Å². The maximum atomic E-state index is 12.2. The molecule has 1 amide bonds. The molecule has 2 aromatic carbocycles. The van der Waals surface area contributed by atoms with Crippen LogP contribution in [-0.2, 0) is 11.8 Å². The summed E-state index contributed by atoms with van der Waals surface area (Å²) < 4.78 is 3.63. The molecule has 0 saturated carbocycles. The lowest BCUT2D eigenvalue weighted by Gasteiger charge is -2.08. The Hall–Kier alpha value is -1.64. The molecule has 0 bridgehead atoms. The third kappa shape index (κ3) is 4.50. The highest BCUT2D eigenvalue weighted by atomic mass is 79.9. The molecule has 0 spiro atoms. The fourth-order valence-corrected chi connectivity index (χ4v) is 3.61. The van der Waals surface area contributed by atoms with Crippen LogP contribution in [0.5, 0.6) is 0 Å². The van der Waals surface area contributed by atoms with Crippen molar-refractivity contribution in [2.45, 2.75) is 5.16 Å². The molecular weight excluding hydrogens is 468 g/mol. The lowest BCUT2D eigenvalue weighted by molar-refractivity contribution is -0.113. The van der Waals surface area contributed by atoms with Crippen LogP contribution in [0.2, 0.25) is 0 Å². The van der Waals surface area contributed by atoms with Gasteiger partial charge in [-0.25, -0.2) is 0 Å². The average Bonchev–Trinajstić information content (AvgIpc) is 2.98. The van der Waals surface area contributed by atoms with Crippen LogP contribution in [0.4, 0.5) is 5.69 Å². The second kappa shape index (κ2) is 8.16. The lowest BCUT2D eigenvalue weighted by Crippen LogP contribution is -2.14. The van der Waals surface area contributed by atoms with Crippen molar-refractivity contribution in [2.75, 3.05) is 11.1 Å². The zero-order valence-corrected chi connectivity index (χ0v) is 17.2. The summed E-state index contributed by atoms with van der Waals surface area (Å²) in [4.78, 5) is 12.2. The molecule has 0 unspecified atom stereocenters. The monoisotopic (exact) mass is 480 g/mol. The molecule has 3 rings (SSSR count). The third-order valence-electron chi connectivity index (χ3n) is 3.40. The molecule has 1 heterocycles. The number of anilines is 1. The fraction of sp³-hybridized carbons (Fsp3) is 0.118. The number of halogens is 2. The van der Waals surface area contributed by atoms with Gasteiger partial charge in [0.05, 0.1) is 11.4 Å². The van der Waals surface area contributed by atoms with E-state index in [0.717, 1.165) is 26.0 Å². The summed E-state index contributed by atoms with van der Waals surface area (Å²) in [5, 5.41) is 12.0. The third-order valence-corrected chi connectivity index (χ3v) is 5.61. The highest BCUT2D eigenvalue weighted by molar-refractivity contribution is 9.11. The van der Waals surface area contributed by atoms with Gasteiger partial charge >= 0.3 is 0 Å². The number of aromatic nitrogens is 3. The zero-order chi connectivity index (χ0) is 17.8. The summed E-state index contributed by atoms with van der Waals surface area (Å²) >= 11 is 8.17. The van der Waals surface area contributed by atoms with E-state index >= 15 is 0 Å². The summed E-state index contributed by atoms with van der Waals surface area (Å²) in [6.07, 6.45) is 0. The van der Waals surface area contributed by atoms with Crippen molar-refractivity contribution < 1.29 is 4.79 Å². The Morgan fingerprint density at radius 3 is 2.68 bits per heavy atom. The quantitative estimate of drug-likeness (QED) is 0.534. The minimum absolute atomic E-state index is 0.104. The van der Waals surface area contributed by atoms with Crippen LogP contribution in [0.3, 0.4) is 0 Å². The van der Waals surface area contributed by atoms with E-state index in [1.807, 2.05) is 60.1 Å². The zero-order valence-electron chi connectivity index (χ0n) is 13.2.